The Balaban J connectivity index is 1.99. The molecule has 0 spiro atoms. The van der Waals surface area contributed by atoms with Gasteiger partial charge in [0.15, 0.2) is 0 Å². The van der Waals surface area contributed by atoms with Gasteiger partial charge in [0.1, 0.15) is 5.75 Å². The van der Waals surface area contributed by atoms with Crippen LogP contribution in [0.1, 0.15) is 12.5 Å². The molecule has 0 saturated heterocycles. The monoisotopic (exact) mass is 332 g/mol. The van der Waals surface area contributed by atoms with Crippen molar-refractivity contribution in [3.63, 3.8) is 0 Å². The van der Waals surface area contributed by atoms with Gasteiger partial charge < -0.3 is 15.4 Å². The lowest BCUT2D eigenvalue weighted by Gasteiger charge is -2.09. The average molecular weight is 333 g/mol. The van der Waals surface area contributed by atoms with Crippen LogP contribution in [0.2, 0.25) is 5.02 Å². The van der Waals surface area contributed by atoms with Gasteiger partial charge in [-0.05, 0) is 42.3 Å². The Hall–Kier alpha value is -2.53. The normalized spacial score (nSPS) is 10.0. The van der Waals surface area contributed by atoms with E-state index >= 15 is 0 Å². The number of anilines is 2. The van der Waals surface area contributed by atoms with Crippen molar-refractivity contribution in [2.45, 2.75) is 13.3 Å². The molecule has 5 nitrogen and oxygen atoms in total. The van der Waals surface area contributed by atoms with E-state index in [0.717, 1.165) is 12.0 Å². The van der Waals surface area contributed by atoms with E-state index in [-0.39, 0.29) is 0 Å². The topological polar surface area (TPSA) is 67.4 Å². The van der Waals surface area contributed by atoms with E-state index < -0.39 is 11.8 Å². The number of carbonyl (C=O) groups excluding carboxylic acids is 2. The molecule has 2 aromatic rings. The van der Waals surface area contributed by atoms with Crippen molar-refractivity contribution in [3.8, 4) is 5.75 Å². The molecule has 2 amide bonds. The molecule has 2 rings (SSSR count). The van der Waals surface area contributed by atoms with Crippen LogP contribution >= 0.6 is 11.6 Å². The van der Waals surface area contributed by atoms with Gasteiger partial charge >= 0.3 is 11.8 Å². The molecular formula is C17H17ClN2O3. The molecule has 0 aliphatic heterocycles. The summed E-state index contributed by atoms with van der Waals surface area (Å²) in [5.74, 6) is -1.03. The summed E-state index contributed by atoms with van der Waals surface area (Å²) in [4.78, 5) is 23.8. The lowest BCUT2D eigenvalue weighted by Crippen LogP contribution is -2.29. The minimum atomic E-state index is -0.772. The maximum atomic E-state index is 11.9. The van der Waals surface area contributed by atoms with E-state index in [1.54, 1.807) is 24.3 Å². The zero-order valence-electron chi connectivity index (χ0n) is 12.9. The SMILES string of the molecule is CCc1ccc(NC(=O)C(=O)Nc2ccc(OC)c(Cl)c2)cc1. The minimum absolute atomic E-state index is 0.348. The van der Waals surface area contributed by atoms with Crippen LogP contribution in [-0.4, -0.2) is 18.9 Å². The second kappa shape index (κ2) is 7.65. The number of aryl methyl sites for hydroxylation is 1. The molecule has 23 heavy (non-hydrogen) atoms. The van der Waals surface area contributed by atoms with Crippen molar-refractivity contribution in [1.29, 1.82) is 0 Å². The maximum absolute atomic E-state index is 11.9. The number of hydrogen-bond donors (Lipinski definition) is 2. The Morgan fingerprint density at radius 1 is 1.00 bits per heavy atom. The molecule has 0 aromatic heterocycles. The Morgan fingerprint density at radius 2 is 1.57 bits per heavy atom. The number of ether oxygens (including phenoxy) is 1. The number of rotatable bonds is 4. The zero-order chi connectivity index (χ0) is 16.8. The lowest BCUT2D eigenvalue weighted by molar-refractivity contribution is -0.132. The standard InChI is InChI=1S/C17H17ClN2O3/c1-3-11-4-6-12(7-5-11)19-16(21)17(22)20-13-8-9-15(23-2)14(18)10-13/h4-10H,3H2,1-2H3,(H,19,21)(H,20,22). The third kappa shape index (κ3) is 4.47. The number of carbonyl (C=O) groups is 2. The largest absolute Gasteiger partial charge is 0.495 e. The molecule has 0 saturated carbocycles. The summed E-state index contributed by atoms with van der Waals surface area (Å²) in [5, 5.41) is 5.38. The van der Waals surface area contributed by atoms with Gasteiger partial charge in [-0.1, -0.05) is 30.7 Å². The summed E-state index contributed by atoms with van der Waals surface area (Å²) in [7, 11) is 1.50. The highest BCUT2D eigenvalue weighted by atomic mass is 35.5. The first-order chi connectivity index (χ1) is 11.0. The predicted octanol–water partition coefficient (Wildman–Crippen LogP) is 3.49. The Kier molecular flexibility index (Phi) is 5.60. The number of benzene rings is 2. The second-order valence-electron chi connectivity index (χ2n) is 4.81. The van der Waals surface area contributed by atoms with E-state index in [0.29, 0.717) is 22.1 Å². The van der Waals surface area contributed by atoms with Crippen LogP contribution in [0.5, 0.6) is 5.75 Å². The quantitative estimate of drug-likeness (QED) is 0.842. The van der Waals surface area contributed by atoms with Crippen LogP contribution in [0.25, 0.3) is 0 Å². The van der Waals surface area contributed by atoms with E-state index in [1.165, 1.54) is 13.2 Å². The van der Waals surface area contributed by atoms with Gasteiger partial charge in [-0.2, -0.15) is 0 Å². The van der Waals surface area contributed by atoms with Crippen molar-refractivity contribution in [2.24, 2.45) is 0 Å². The number of hydrogen-bond acceptors (Lipinski definition) is 3. The highest BCUT2D eigenvalue weighted by molar-refractivity contribution is 6.43. The second-order valence-corrected chi connectivity index (χ2v) is 5.22. The molecule has 2 N–H and O–H groups in total. The molecule has 0 heterocycles. The highest BCUT2D eigenvalue weighted by Crippen LogP contribution is 2.27. The summed E-state index contributed by atoms with van der Waals surface area (Å²) < 4.78 is 5.03. The fourth-order valence-corrected chi connectivity index (χ4v) is 2.20. The first kappa shape index (κ1) is 16.8. The molecule has 0 unspecified atom stereocenters. The van der Waals surface area contributed by atoms with E-state index in [2.05, 4.69) is 10.6 Å². The summed E-state index contributed by atoms with van der Waals surface area (Å²) in [6, 6.07) is 12.0. The first-order valence-electron chi connectivity index (χ1n) is 7.08. The Labute approximate surface area is 139 Å². The fraction of sp³-hybridized carbons (Fsp3) is 0.176. The third-order valence-electron chi connectivity index (χ3n) is 3.24. The van der Waals surface area contributed by atoms with Gasteiger partial charge in [-0.25, -0.2) is 0 Å². The minimum Gasteiger partial charge on any atom is -0.495 e. The van der Waals surface area contributed by atoms with Gasteiger partial charge in [-0.3, -0.25) is 9.59 Å². The van der Waals surface area contributed by atoms with Crippen LogP contribution in [0.3, 0.4) is 0 Å². The highest BCUT2D eigenvalue weighted by Gasteiger charge is 2.14. The molecule has 120 valence electrons. The van der Waals surface area contributed by atoms with Crippen molar-refractivity contribution < 1.29 is 14.3 Å². The fourth-order valence-electron chi connectivity index (χ4n) is 1.94. The molecular weight excluding hydrogens is 316 g/mol. The van der Waals surface area contributed by atoms with E-state index in [9.17, 15) is 9.59 Å². The number of halogens is 1. The van der Waals surface area contributed by atoms with Gasteiger partial charge in [0, 0.05) is 11.4 Å². The van der Waals surface area contributed by atoms with Gasteiger partial charge in [-0.15, -0.1) is 0 Å². The van der Waals surface area contributed by atoms with Crippen molar-refractivity contribution >= 4 is 34.8 Å². The molecule has 0 bridgehead atoms. The van der Waals surface area contributed by atoms with Gasteiger partial charge in [0.2, 0.25) is 0 Å². The smallest absolute Gasteiger partial charge is 0.314 e. The Morgan fingerprint density at radius 3 is 2.09 bits per heavy atom. The average Bonchev–Trinajstić information content (AvgIpc) is 2.55. The van der Waals surface area contributed by atoms with Crippen LogP contribution in [0, 0.1) is 0 Å². The first-order valence-corrected chi connectivity index (χ1v) is 7.46. The summed E-state index contributed by atoms with van der Waals surface area (Å²) in [5.41, 5.74) is 2.13. The van der Waals surface area contributed by atoms with E-state index in [4.69, 9.17) is 16.3 Å². The predicted molar refractivity (Wildman–Crippen MR) is 91.1 cm³/mol. The number of nitrogens with one attached hydrogen (secondary N) is 2. The molecule has 6 heteroatoms. The summed E-state index contributed by atoms with van der Waals surface area (Å²) in [6.07, 6.45) is 0.910. The van der Waals surface area contributed by atoms with Crippen LogP contribution < -0.4 is 15.4 Å². The number of amides is 2. The van der Waals surface area contributed by atoms with Gasteiger partial charge in [0.05, 0.1) is 12.1 Å². The molecule has 0 aliphatic carbocycles. The van der Waals surface area contributed by atoms with Crippen LogP contribution in [-0.2, 0) is 16.0 Å². The summed E-state index contributed by atoms with van der Waals surface area (Å²) in [6.45, 7) is 2.04. The molecule has 0 atom stereocenters. The number of methoxy groups -OCH3 is 1. The zero-order valence-corrected chi connectivity index (χ0v) is 13.6. The molecule has 2 aromatic carbocycles. The Bertz CT molecular complexity index is 714. The molecule has 0 aliphatic rings. The lowest BCUT2D eigenvalue weighted by atomic mass is 10.1. The van der Waals surface area contributed by atoms with Crippen molar-refractivity contribution in [3.05, 3.63) is 53.1 Å². The van der Waals surface area contributed by atoms with Crippen LogP contribution in [0.4, 0.5) is 11.4 Å². The molecule has 0 fully saturated rings. The van der Waals surface area contributed by atoms with Crippen molar-refractivity contribution in [1.82, 2.24) is 0 Å². The van der Waals surface area contributed by atoms with Crippen LogP contribution in [0.15, 0.2) is 42.5 Å². The summed E-state index contributed by atoms with van der Waals surface area (Å²) >= 11 is 5.97. The van der Waals surface area contributed by atoms with Crippen molar-refractivity contribution in [2.75, 3.05) is 17.7 Å². The van der Waals surface area contributed by atoms with Gasteiger partial charge in [0.25, 0.3) is 0 Å². The molecule has 0 radical (unpaired) electrons. The van der Waals surface area contributed by atoms with E-state index in [1.807, 2.05) is 19.1 Å². The maximum Gasteiger partial charge on any atom is 0.314 e. The third-order valence-corrected chi connectivity index (χ3v) is 3.53.